The first kappa shape index (κ1) is 18.7. The maximum absolute atomic E-state index is 12.4. The molecule has 5 heteroatoms. The van der Waals surface area contributed by atoms with Gasteiger partial charge >= 0.3 is 0 Å². The Morgan fingerprint density at radius 1 is 1.03 bits per heavy atom. The van der Waals surface area contributed by atoms with Crippen LogP contribution >= 0.6 is 0 Å². The average Bonchev–Trinajstić information content (AvgIpc) is 3.15. The zero-order valence-electron chi connectivity index (χ0n) is 16.3. The van der Waals surface area contributed by atoms with E-state index in [4.69, 9.17) is 4.74 Å². The molecule has 146 valence electrons. The van der Waals surface area contributed by atoms with Gasteiger partial charge in [0.05, 0.1) is 19.3 Å². The molecule has 0 aliphatic carbocycles. The molecule has 2 heterocycles. The topological polar surface area (TPSA) is 67.0 Å². The van der Waals surface area contributed by atoms with Gasteiger partial charge < -0.3 is 15.0 Å². The highest BCUT2D eigenvalue weighted by Gasteiger charge is 2.14. The van der Waals surface area contributed by atoms with E-state index in [9.17, 15) is 4.79 Å². The highest BCUT2D eigenvalue weighted by molar-refractivity contribution is 5.91. The molecule has 0 radical (unpaired) electrons. The number of nitrogens with zero attached hydrogens (tertiary/aromatic N) is 1. The van der Waals surface area contributed by atoms with Crippen LogP contribution < -0.4 is 10.1 Å². The van der Waals surface area contributed by atoms with Crippen molar-refractivity contribution in [3.8, 4) is 17.0 Å². The van der Waals surface area contributed by atoms with Crippen molar-refractivity contribution >= 4 is 16.8 Å². The molecule has 0 aliphatic heterocycles. The van der Waals surface area contributed by atoms with Gasteiger partial charge in [0.25, 0.3) is 0 Å². The fourth-order valence-corrected chi connectivity index (χ4v) is 3.48. The van der Waals surface area contributed by atoms with Crippen LogP contribution in [0.3, 0.4) is 0 Å². The number of aromatic amines is 1. The SMILES string of the molecule is COc1ccc(-c2[nH]c3ccccc3c2CCC(=O)NCc2ccccn2)cc1. The van der Waals surface area contributed by atoms with Crippen LogP contribution in [0.1, 0.15) is 17.7 Å². The summed E-state index contributed by atoms with van der Waals surface area (Å²) in [5.41, 5.74) is 5.20. The van der Waals surface area contributed by atoms with Crippen LogP contribution in [0.15, 0.2) is 72.9 Å². The molecule has 0 saturated heterocycles. The van der Waals surface area contributed by atoms with Gasteiger partial charge in [0, 0.05) is 29.2 Å². The minimum absolute atomic E-state index is 0.0154. The van der Waals surface area contributed by atoms with Crippen LogP contribution in [0.4, 0.5) is 0 Å². The first-order chi connectivity index (χ1) is 14.2. The first-order valence-electron chi connectivity index (χ1n) is 9.65. The molecule has 0 unspecified atom stereocenters. The Bertz CT molecular complexity index is 1100. The number of para-hydroxylation sites is 1. The number of carbonyl (C=O) groups is 1. The van der Waals surface area contributed by atoms with E-state index < -0.39 is 0 Å². The number of aryl methyl sites for hydroxylation is 1. The van der Waals surface area contributed by atoms with Crippen molar-refractivity contribution in [1.29, 1.82) is 0 Å². The van der Waals surface area contributed by atoms with Gasteiger partial charge in [-0.25, -0.2) is 0 Å². The molecule has 2 aromatic carbocycles. The number of aromatic nitrogens is 2. The van der Waals surface area contributed by atoms with Gasteiger partial charge in [-0.2, -0.15) is 0 Å². The Morgan fingerprint density at radius 2 is 1.83 bits per heavy atom. The third kappa shape index (κ3) is 4.29. The van der Waals surface area contributed by atoms with Crippen LogP contribution in [0.5, 0.6) is 5.75 Å². The van der Waals surface area contributed by atoms with Crippen LogP contribution in [0.2, 0.25) is 0 Å². The number of rotatable bonds is 7. The van der Waals surface area contributed by atoms with E-state index in [0.717, 1.165) is 39.2 Å². The van der Waals surface area contributed by atoms with E-state index >= 15 is 0 Å². The number of amides is 1. The van der Waals surface area contributed by atoms with Gasteiger partial charge in [0.1, 0.15) is 5.75 Å². The van der Waals surface area contributed by atoms with Gasteiger partial charge in [-0.1, -0.05) is 24.3 Å². The minimum Gasteiger partial charge on any atom is -0.497 e. The summed E-state index contributed by atoms with van der Waals surface area (Å²) in [5, 5.41) is 4.10. The van der Waals surface area contributed by atoms with Crippen molar-refractivity contribution in [2.45, 2.75) is 19.4 Å². The smallest absolute Gasteiger partial charge is 0.220 e. The number of fused-ring (bicyclic) bond motifs is 1. The molecule has 0 aliphatic rings. The van der Waals surface area contributed by atoms with Crippen LogP contribution in [0, 0.1) is 0 Å². The molecule has 4 rings (SSSR count). The Labute approximate surface area is 169 Å². The summed E-state index contributed by atoms with van der Waals surface area (Å²) in [6.07, 6.45) is 2.80. The number of methoxy groups -OCH3 is 1. The maximum atomic E-state index is 12.4. The molecular formula is C24H23N3O2. The van der Waals surface area contributed by atoms with Crippen molar-refractivity contribution in [2.24, 2.45) is 0 Å². The van der Waals surface area contributed by atoms with Crippen LogP contribution in [-0.4, -0.2) is 23.0 Å². The Hall–Kier alpha value is -3.60. The molecule has 29 heavy (non-hydrogen) atoms. The number of pyridine rings is 1. The molecule has 0 fully saturated rings. The number of hydrogen-bond acceptors (Lipinski definition) is 3. The number of hydrogen-bond donors (Lipinski definition) is 2. The maximum Gasteiger partial charge on any atom is 0.220 e. The summed E-state index contributed by atoms with van der Waals surface area (Å²) >= 11 is 0. The van der Waals surface area contributed by atoms with Gasteiger partial charge in [0.15, 0.2) is 0 Å². The number of ether oxygens (including phenoxy) is 1. The van der Waals surface area contributed by atoms with Gasteiger partial charge in [0.2, 0.25) is 5.91 Å². The summed E-state index contributed by atoms with van der Waals surface area (Å²) in [6, 6.07) is 21.9. The lowest BCUT2D eigenvalue weighted by Crippen LogP contribution is -2.23. The minimum atomic E-state index is 0.0154. The quantitative estimate of drug-likeness (QED) is 0.493. The van der Waals surface area contributed by atoms with Gasteiger partial charge in [-0.3, -0.25) is 9.78 Å². The van der Waals surface area contributed by atoms with Crippen molar-refractivity contribution in [3.63, 3.8) is 0 Å². The van der Waals surface area contributed by atoms with E-state index in [1.54, 1.807) is 13.3 Å². The number of nitrogens with one attached hydrogen (secondary N) is 2. The molecule has 2 aromatic heterocycles. The molecule has 4 aromatic rings. The second-order valence-corrected chi connectivity index (χ2v) is 6.85. The van der Waals surface area contributed by atoms with Crippen molar-refractivity contribution in [1.82, 2.24) is 15.3 Å². The largest absolute Gasteiger partial charge is 0.497 e. The zero-order chi connectivity index (χ0) is 20.1. The predicted octanol–water partition coefficient (Wildman–Crippen LogP) is 4.49. The Morgan fingerprint density at radius 3 is 2.59 bits per heavy atom. The average molecular weight is 385 g/mol. The molecular weight excluding hydrogens is 362 g/mol. The molecule has 0 bridgehead atoms. The van der Waals surface area contributed by atoms with Crippen LogP contribution in [0.25, 0.3) is 22.2 Å². The fraction of sp³-hybridized carbons (Fsp3) is 0.167. The monoisotopic (exact) mass is 385 g/mol. The Kier molecular flexibility index (Phi) is 5.56. The van der Waals surface area contributed by atoms with Crippen molar-refractivity contribution < 1.29 is 9.53 Å². The van der Waals surface area contributed by atoms with E-state index in [0.29, 0.717) is 19.4 Å². The fourth-order valence-electron chi connectivity index (χ4n) is 3.48. The van der Waals surface area contributed by atoms with E-state index in [2.05, 4.69) is 27.4 Å². The number of benzene rings is 2. The lowest BCUT2D eigenvalue weighted by molar-refractivity contribution is -0.121. The number of carbonyl (C=O) groups excluding carboxylic acids is 1. The Balaban J connectivity index is 1.53. The van der Waals surface area contributed by atoms with Gasteiger partial charge in [-0.15, -0.1) is 0 Å². The molecule has 0 saturated carbocycles. The second-order valence-electron chi connectivity index (χ2n) is 6.85. The molecule has 2 N–H and O–H groups in total. The molecule has 1 amide bonds. The van der Waals surface area contributed by atoms with Gasteiger partial charge in [-0.05, 0) is 60.0 Å². The standard InChI is InChI=1S/C24H23N3O2/c1-29-19-11-9-17(10-12-19)24-21(20-7-2-3-8-22(20)27-24)13-14-23(28)26-16-18-6-4-5-15-25-18/h2-12,15,27H,13-14,16H2,1H3,(H,26,28). The van der Waals surface area contributed by atoms with Crippen LogP contribution in [-0.2, 0) is 17.8 Å². The van der Waals surface area contributed by atoms with Crippen molar-refractivity contribution in [3.05, 3.63) is 84.2 Å². The summed E-state index contributed by atoms with van der Waals surface area (Å²) in [5.74, 6) is 0.835. The second kappa shape index (κ2) is 8.61. The lowest BCUT2D eigenvalue weighted by Gasteiger charge is -2.08. The highest BCUT2D eigenvalue weighted by atomic mass is 16.5. The molecule has 0 spiro atoms. The summed E-state index contributed by atoms with van der Waals surface area (Å²) in [4.78, 5) is 20.2. The third-order valence-corrected chi connectivity index (χ3v) is 4.99. The summed E-state index contributed by atoms with van der Waals surface area (Å²) < 4.78 is 5.27. The first-order valence-corrected chi connectivity index (χ1v) is 9.65. The number of H-pyrrole nitrogens is 1. The normalized spacial score (nSPS) is 10.8. The van der Waals surface area contributed by atoms with Crippen molar-refractivity contribution in [2.75, 3.05) is 7.11 Å². The third-order valence-electron chi connectivity index (χ3n) is 4.99. The summed E-state index contributed by atoms with van der Waals surface area (Å²) in [7, 11) is 1.66. The zero-order valence-corrected chi connectivity index (χ0v) is 16.3. The highest BCUT2D eigenvalue weighted by Crippen LogP contribution is 2.32. The van der Waals surface area contributed by atoms with E-state index in [1.165, 1.54) is 0 Å². The lowest BCUT2D eigenvalue weighted by atomic mass is 10.0. The van der Waals surface area contributed by atoms with E-state index in [1.807, 2.05) is 54.6 Å². The molecule has 0 atom stereocenters. The summed E-state index contributed by atoms with van der Waals surface area (Å²) in [6.45, 7) is 0.443. The predicted molar refractivity (Wildman–Crippen MR) is 115 cm³/mol. The molecule has 5 nitrogen and oxygen atoms in total. The van der Waals surface area contributed by atoms with E-state index in [-0.39, 0.29) is 5.91 Å².